The number of anilines is 1. The number of nitrogens with zero attached hydrogens (tertiary/aromatic N) is 2. The van der Waals surface area contributed by atoms with Crippen molar-refractivity contribution in [3.05, 3.63) is 63.7 Å². The first-order valence-electron chi connectivity index (χ1n) is 7.68. The van der Waals surface area contributed by atoms with E-state index in [0.717, 1.165) is 5.56 Å². The van der Waals surface area contributed by atoms with E-state index in [0.29, 0.717) is 22.9 Å². The van der Waals surface area contributed by atoms with Crippen LogP contribution in [0.5, 0.6) is 0 Å². The second-order valence-electron chi connectivity index (χ2n) is 5.47. The molecule has 1 aromatic carbocycles. The Morgan fingerprint density at radius 3 is 2.73 bits per heavy atom. The van der Waals surface area contributed by atoms with Gasteiger partial charge in [0.1, 0.15) is 16.6 Å². The van der Waals surface area contributed by atoms with Crippen LogP contribution >= 0.6 is 23.2 Å². The molecule has 0 bridgehead atoms. The predicted octanol–water partition coefficient (Wildman–Crippen LogP) is 4.75. The summed E-state index contributed by atoms with van der Waals surface area (Å²) in [5.41, 5.74) is 1.54. The van der Waals surface area contributed by atoms with Gasteiger partial charge in [-0.15, -0.1) is 0 Å². The molecule has 0 amide bonds. The van der Waals surface area contributed by atoms with Crippen molar-refractivity contribution in [1.29, 1.82) is 0 Å². The zero-order valence-electron chi connectivity index (χ0n) is 14.0. The van der Waals surface area contributed by atoms with Crippen molar-refractivity contribution in [1.82, 2.24) is 9.97 Å². The Hall–Kier alpha value is -2.57. The van der Waals surface area contributed by atoms with Crippen LogP contribution in [-0.2, 0) is 11.3 Å². The number of hydrogen-bond donors (Lipinski definition) is 1. The molecule has 2 aromatic heterocycles. The summed E-state index contributed by atoms with van der Waals surface area (Å²) in [7, 11) is 1.26. The highest BCUT2D eigenvalue weighted by Crippen LogP contribution is 2.31. The molecule has 0 radical (unpaired) electrons. The van der Waals surface area contributed by atoms with Gasteiger partial charge in [0.2, 0.25) is 0 Å². The van der Waals surface area contributed by atoms with Crippen molar-refractivity contribution in [3.8, 4) is 11.4 Å². The van der Waals surface area contributed by atoms with E-state index in [2.05, 4.69) is 15.3 Å². The number of rotatable bonds is 5. The van der Waals surface area contributed by atoms with Crippen LogP contribution in [0.25, 0.3) is 11.4 Å². The monoisotopic (exact) mass is 391 g/mol. The van der Waals surface area contributed by atoms with Gasteiger partial charge in [-0.2, -0.15) is 0 Å². The number of halogens is 2. The zero-order chi connectivity index (χ0) is 18.7. The van der Waals surface area contributed by atoms with Gasteiger partial charge in [0.05, 0.1) is 24.9 Å². The molecule has 3 rings (SSSR count). The van der Waals surface area contributed by atoms with Gasteiger partial charge in [-0.3, -0.25) is 0 Å². The Labute approximate surface area is 160 Å². The van der Waals surface area contributed by atoms with E-state index in [-0.39, 0.29) is 22.4 Å². The molecule has 0 fully saturated rings. The van der Waals surface area contributed by atoms with Crippen LogP contribution < -0.4 is 5.32 Å². The van der Waals surface area contributed by atoms with E-state index in [1.807, 2.05) is 13.0 Å². The topological polar surface area (TPSA) is 77.2 Å². The molecule has 2 heterocycles. The fraction of sp³-hybridized carbons (Fsp3) is 0.167. The normalized spacial score (nSPS) is 10.6. The highest BCUT2D eigenvalue weighted by atomic mass is 35.5. The molecular weight excluding hydrogens is 377 g/mol. The minimum Gasteiger partial charge on any atom is -0.467 e. The number of carbonyl (C=O) groups is 1. The van der Waals surface area contributed by atoms with Crippen molar-refractivity contribution < 1.29 is 13.9 Å². The Morgan fingerprint density at radius 1 is 1.27 bits per heavy atom. The Morgan fingerprint density at radius 2 is 2.08 bits per heavy atom. The van der Waals surface area contributed by atoms with Crippen LogP contribution in [0.15, 0.2) is 41.0 Å². The molecule has 3 aromatic rings. The summed E-state index contributed by atoms with van der Waals surface area (Å²) in [6.07, 6.45) is 1.57. The number of nitrogens with one attached hydrogen (secondary N) is 1. The number of ether oxygens (including phenoxy) is 1. The molecule has 0 saturated carbocycles. The highest BCUT2D eigenvalue weighted by Gasteiger charge is 2.21. The SMILES string of the molecule is COC(=O)c1nc(-c2ccc(C)cc2Cl)nc(NCc2ccco2)c1Cl. The van der Waals surface area contributed by atoms with E-state index in [1.165, 1.54) is 7.11 Å². The molecule has 0 spiro atoms. The molecule has 0 atom stereocenters. The van der Waals surface area contributed by atoms with Gasteiger partial charge >= 0.3 is 5.97 Å². The first kappa shape index (κ1) is 18.2. The van der Waals surface area contributed by atoms with Gasteiger partial charge in [-0.25, -0.2) is 14.8 Å². The van der Waals surface area contributed by atoms with Crippen molar-refractivity contribution in [2.24, 2.45) is 0 Å². The summed E-state index contributed by atoms with van der Waals surface area (Å²) in [4.78, 5) is 20.7. The number of hydrogen-bond acceptors (Lipinski definition) is 6. The van der Waals surface area contributed by atoms with Gasteiger partial charge in [-0.05, 0) is 36.8 Å². The number of benzene rings is 1. The molecule has 1 N–H and O–H groups in total. The molecular formula is C18H15Cl2N3O3. The number of aromatic nitrogens is 2. The second-order valence-corrected chi connectivity index (χ2v) is 6.25. The quantitative estimate of drug-likeness (QED) is 0.632. The smallest absolute Gasteiger partial charge is 0.358 e. The lowest BCUT2D eigenvalue weighted by Gasteiger charge is -2.12. The van der Waals surface area contributed by atoms with Crippen LogP contribution in [0, 0.1) is 6.92 Å². The molecule has 0 aliphatic carbocycles. The fourth-order valence-corrected chi connectivity index (χ4v) is 2.85. The maximum atomic E-state index is 12.1. The van der Waals surface area contributed by atoms with Gasteiger partial charge < -0.3 is 14.5 Å². The number of carbonyl (C=O) groups excluding carboxylic acids is 1. The van der Waals surface area contributed by atoms with E-state index < -0.39 is 5.97 Å². The molecule has 26 heavy (non-hydrogen) atoms. The zero-order valence-corrected chi connectivity index (χ0v) is 15.6. The van der Waals surface area contributed by atoms with E-state index >= 15 is 0 Å². The summed E-state index contributed by atoms with van der Waals surface area (Å²) in [6, 6.07) is 9.05. The summed E-state index contributed by atoms with van der Waals surface area (Å²) in [5, 5.41) is 3.59. The maximum absolute atomic E-state index is 12.1. The first-order valence-corrected chi connectivity index (χ1v) is 8.44. The van der Waals surface area contributed by atoms with Crippen molar-refractivity contribution in [3.63, 3.8) is 0 Å². The van der Waals surface area contributed by atoms with Crippen molar-refractivity contribution in [2.45, 2.75) is 13.5 Å². The lowest BCUT2D eigenvalue weighted by Crippen LogP contribution is -2.11. The van der Waals surface area contributed by atoms with Crippen LogP contribution in [-0.4, -0.2) is 23.0 Å². The third-order valence-corrected chi connectivity index (χ3v) is 4.28. The summed E-state index contributed by atoms with van der Waals surface area (Å²) >= 11 is 12.6. The minimum atomic E-state index is -0.664. The summed E-state index contributed by atoms with van der Waals surface area (Å²) in [5.74, 6) is 0.573. The highest BCUT2D eigenvalue weighted by molar-refractivity contribution is 6.36. The first-order chi connectivity index (χ1) is 12.5. The van der Waals surface area contributed by atoms with Gasteiger partial charge in [0.15, 0.2) is 11.5 Å². The number of aryl methyl sites for hydroxylation is 1. The summed E-state index contributed by atoms with van der Waals surface area (Å²) < 4.78 is 10.0. The Kier molecular flexibility index (Phi) is 5.44. The second kappa shape index (κ2) is 7.76. The lowest BCUT2D eigenvalue weighted by atomic mass is 10.1. The average Bonchev–Trinajstić information content (AvgIpc) is 3.14. The third-order valence-electron chi connectivity index (χ3n) is 3.61. The predicted molar refractivity (Wildman–Crippen MR) is 99.6 cm³/mol. The van der Waals surface area contributed by atoms with E-state index in [9.17, 15) is 4.79 Å². The van der Waals surface area contributed by atoms with Crippen LogP contribution in [0.2, 0.25) is 10.0 Å². The van der Waals surface area contributed by atoms with Crippen LogP contribution in [0.1, 0.15) is 21.8 Å². The molecule has 0 aliphatic rings. The largest absolute Gasteiger partial charge is 0.467 e. The van der Waals surface area contributed by atoms with Gasteiger partial charge in [0, 0.05) is 5.56 Å². The average molecular weight is 392 g/mol. The minimum absolute atomic E-state index is 0.0437. The Bertz CT molecular complexity index is 943. The van der Waals surface area contributed by atoms with E-state index in [4.69, 9.17) is 32.4 Å². The van der Waals surface area contributed by atoms with Gasteiger partial charge in [-0.1, -0.05) is 29.3 Å². The number of furan rings is 1. The molecule has 0 saturated heterocycles. The summed E-state index contributed by atoms with van der Waals surface area (Å²) in [6.45, 7) is 2.26. The van der Waals surface area contributed by atoms with Crippen LogP contribution in [0.3, 0.4) is 0 Å². The molecule has 0 aliphatic heterocycles. The van der Waals surface area contributed by atoms with Crippen molar-refractivity contribution in [2.75, 3.05) is 12.4 Å². The van der Waals surface area contributed by atoms with Crippen LogP contribution in [0.4, 0.5) is 5.82 Å². The van der Waals surface area contributed by atoms with Crippen molar-refractivity contribution >= 4 is 35.0 Å². The number of esters is 1. The Balaban J connectivity index is 2.06. The molecule has 8 heteroatoms. The fourth-order valence-electron chi connectivity index (χ4n) is 2.30. The molecule has 0 unspecified atom stereocenters. The number of methoxy groups -OCH3 is 1. The standard InChI is InChI=1S/C18H15Cl2N3O3/c1-10-5-6-12(13(19)8-10)16-22-15(18(24)25-2)14(20)17(23-16)21-9-11-4-3-7-26-11/h3-8H,9H2,1-2H3,(H,21,22,23). The maximum Gasteiger partial charge on any atom is 0.358 e. The van der Waals surface area contributed by atoms with Gasteiger partial charge in [0.25, 0.3) is 0 Å². The molecule has 6 nitrogen and oxygen atoms in total. The third kappa shape index (κ3) is 3.81. The lowest BCUT2D eigenvalue weighted by molar-refractivity contribution is 0.0594. The molecule has 134 valence electrons. The van der Waals surface area contributed by atoms with E-state index in [1.54, 1.807) is 30.5 Å².